The van der Waals surface area contributed by atoms with Gasteiger partial charge in [0.15, 0.2) is 0 Å². The first-order chi connectivity index (χ1) is 15.9. The molecular formula is C29H33NO2S. The van der Waals surface area contributed by atoms with E-state index in [1.54, 1.807) is 18.4 Å². The summed E-state index contributed by atoms with van der Waals surface area (Å²) in [6, 6.07) is 21.5. The van der Waals surface area contributed by atoms with Crippen LogP contribution >= 0.6 is 11.3 Å². The van der Waals surface area contributed by atoms with Crippen LogP contribution in [0.5, 0.6) is 11.6 Å². The summed E-state index contributed by atoms with van der Waals surface area (Å²) in [5.74, 6) is 1.92. The molecule has 0 fully saturated rings. The maximum absolute atomic E-state index is 10.8. The molecule has 0 saturated heterocycles. The monoisotopic (exact) mass is 459 g/mol. The van der Waals surface area contributed by atoms with Crippen LogP contribution in [-0.2, 0) is 6.42 Å². The van der Waals surface area contributed by atoms with Crippen LogP contribution in [0.15, 0.2) is 60.7 Å². The summed E-state index contributed by atoms with van der Waals surface area (Å²) in [7, 11) is 1.69. The van der Waals surface area contributed by atoms with E-state index in [2.05, 4.69) is 81.2 Å². The molecule has 1 heterocycles. The van der Waals surface area contributed by atoms with Gasteiger partial charge in [-0.1, -0.05) is 76.2 Å². The van der Waals surface area contributed by atoms with Crippen molar-refractivity contribution < 1.29 is 9.84 Å². The Morgan fingerprint density at radius 2 is 1.58 bits per heavy atom. The average molecular weight is 460 g/mol. The van der Waals surface area contributed by atoms with Crippen molar-refractivity contribution in [1.29, 1.82) is 0 Å². The Hall–Kier alpha value is -2.85. The summed E-state index contributed by atoms with van der Waals surface area (Å²) in [4.78, 5) is 5.54. The number of hydrogen-bond donors (Lipinski definition) is 1. The Kier molecular flexibility index (Phi) is 7.04. The third-order valence-electron chi connectivity index (χ3n) is 6.35. The molecule has 0 amide bonds. The number of hydrogen-bond acceptors (Lipinski definition) is 4. The first kappa shape index (κ1) is 23.3. The van der Waals surface area contributed by atoms with E-state index in [-0.39, 0.29) is 17.7 Å². The van der Waals surface area contributed by atoms with E-state index in [4.69, 9.17) is 4.74 Å². The predicted molar refractivity (Wildman–Crippen MR) is 139 cm³/mol. The van der Waals surface area contributed by atoms with Gasteiger partial charge in [0, 0.05) is 11.8 Å². The summed E-state index contributed by atoms with van der Waals surface area (Å²) in [6.07, 6.45) is 2.04. The SMILES string of the molecule is CCC(c1ccc(CC(C)C)cc1)c1nc(O)c(C(C)c2ccc3cc(OC)ccc3c2)s1. The van der Waals surface area contributed by atoms with Gasteiger partial charge in [0.05, 0.1) is 12.0 Å². The maximum Gasteiger partial charge on any atom is 0.226 e. The molecule has 0 aliphatic rings. The maximum atomic E-state index is 10.8. The van der Waals surface area contributed by atoms with E-state index < -0.39 is 0 Å². The van der Waals surface area contributed by atoms with Crippen LogP contribution in [0.1, 0.15) is 72.5 Å². The number of thiazole rings is 1. The zero-order chi connectivity index (χ0) is 23.5. The standard InChI is InChI=1S/C29H33NO2S/c1-6-26(21-9-7-20(8-10-21)15-18(2)3)29-30-28(31)27(33-29)19(4)22-11-12-24-17-25(32-5)14-13-23(24)16-22/h7-14,16-19,26,31H,6,15H2,1-5H3. The van der Waals surface area contributed by atoms with E-state index in [9.17, 15) is 5.11 Å². The molecule has 0 radical (unpaired) electrons. The van der Waals surface area contributed by atoms with Gasteiger partial charge >= 0.3 is 0 Å². The summed E-state index contributed by atoms with van der Waals surface area (Å²) in [5.41, 5.74) is 3.80. The number of nitrogens with zero attached hydrogens (tertiary/aromatic N) is 1. The third-order valence-corrected chi connectivity index (χ3v) is 7.69. The van der Waals surface area contributed by atoms with Crippen molar-refractivity contribution in [2.75, 3.05) is 7.11 Å². The van der Waals surface area contributed by atoms with Crippen LogP contribution < -0.4 is 4.74 Å². The molecule has 0 saturated carbocycles. The molecule has 0 bridgehead atoms. The summed E-state index contributed by atoms with van der Waals surface area (Å²) in [5, 5.41) is 14.1. The Morgan fingerprint density at radius 3 is 2.24 bits per heavy atom. The molecule has 1 aromatic heterocycles. The van der Waals surface area contributed by atoms with E-state index in [0.717, 1.165) is 39.2 Å². The van der Waals surface area contributed by atoms with E-state index in [1.807, 2.05) is 12.1 Å². The molecule has 4 rings (SSSR count). The van der Waals surface area contributed by atoms with Gasteiger partial charge in [-0.2, -0.15) is 0 Å². The summed E-state index contributed by atoms with van der Waals surface area (Å²) >= 11 is 1.64. The second-order valence-corrected chi connectivity index (χ2v) is 10.3. The topological polar surface area (TPSA) is 42.4 Å². The number of ether oxygens (including phenoxy) is 1. The van der Waals surface area contributed by atoms with Crippen molar-refractivity contribution in [1.82, 2.24) is 4.98 Å². The molecule has 0 spiro atoms. The quantitative estimate of drug-likeness (QED) is 0.291. The fraction of sp³-hybridized carbons (Fsp3) is 0.345. The minimum absolute atomic E-state index is 0.0636. The van der Waals surface area contributed by atoms with Gasteiger partial charge in [0.1, 0.15) is 10.8 Å². The lowest BCUT2D eigenvalue weighted by atomic mass is 9.94. The first-order valence-electron chi connectivity index (χ1n) is 11.8. The molecule has 4 heteroatoms. The van der Waals surface area contributed by atoms with Crippen LogP contribution in [0, 0.1) is 5.92 Å². The zero-order valence-electron chi connectivity index (χ0n) is 20.1. The molecule has 4 aromatic rings. The van der Waals surface area contributed by atoms with Crippen LogP contribution in [0.25, 0.3) is 10.8 Å². The van der Waals surface area contributed by atoms with Crippen molar-refractivity contribution in [3.63, 3.8) is 0 Å². The molecule has 0 aliphatic carbocycles. The number of fused-ring (bicyclic) bond motifs is 1. The van der Waals surface area contributed by atoms with Gasteiger partial charge < -0.3 is 9.84 Å². The predicted octanol–water partition coefficient (Wildman–Crippen LogP) is 7.90. The number of methoxy groups -OCH3 is 1. The summed E-state index contributed by atoms with van der Waals surface area (Å²) in [6.45, 7) is 8.82. The smallest absolute Gasteiger partial charge is 0.226 e. The van der Waals surface area contributed by atoms with Crippen molar-refractivity contribution in [2.45, 2.75) is 52.4 Å². The van der Waals surface area contributed by atoms with E-state index >= 15 is 0 Å². The van der Waals surface area contributed by atoms with Crippen LogP contribution in [0.2, 0.25) is 0 Å². The van der Waals surface area contributed by atoms with Crippen molar-refractivity contribution in [2.24, 2.45) is 5.92 Å². The summed E-state index contributed by atoms with van der Waals surface area (Å²) < 4.78 is 5.34. The van der Waals surface area contributed by atoms with Crippen molar-refractivity contribution in [3.8, 4) is 11.6 Å². The zero-order valence-corrected chi connectivity index (χ0v) is 20.9. The van der Waals surface area contributed by atoms with Gasteiger partial charge in [-0.25, -0.2) is 4.98 Å². The second kappa shape index (κ2) is 9.96. The first-order valence-corrected chi connectivity index (χ1v) is 12.6. The molecule has 3 nitrogen and oxygen atoms in total. The molecule has 3 aromatic carbocycles. The fourth-order valence-corrected chi connectivity index (χ4v) is 5.72. The highest BCUT2D eigenvalue weighted by Crippen LogP contribution is 2.41. The highest BCUT2D eigenvalue weighted by Gasteiger charge is 2.23. The fourth-order valence-electron chi connectivity index (χ4n) is 4.47. The normalized spacial score (nSPS) is 13.4. The molecule has 0 aliphatic heterocycles. The number of aromatic nitrogens is 1. The highest BCUT2D eigenvalue weighted by atomic mass is 32.1. The van der Waals surface area contributed by atoms with E-state index in [0.29, 0.717) is 5.92 Å². The van der Waals surface area contributed by atoms with Gasteiger partial charge in [-0.15, -0.1) is 11.3 Å². The lowest BCUT2D eigenvalue weighted by Gasteiger charge is -2.14. The van der Waals surface area contributed by atoms with Crippen molar-refractivity contribution in [3.05, 3.63) is 87.2 Å². The minimum atomic E-state index is 0.0636. The highest BCUT2D eigenvalue weighted by molar-refractivity contribution is 7.12. The van der Waals surface area contributed by atoms with Gasteiger partial charge in [0.25, 0.3) is 0 Å². The Balaban J connectivity index is 1.60. The van der Waals surface area contributed by atoms with Crippen molar-refractivity contribution >= 4 is 22.1 Å². The number of benzene rings is 3. The van der Waals surface area contributed by atoms with Crippen LogP contribution in [0.4, 0.5) is 0 Å². The lowest BCUT2D eigenvalue weighted by molar-refractivity contribution is 0.415. The molecule has 33 heavy (non-hydrogen) atoms. The average Bonchev–Trinajstić information content (AvgIpc) is 3.20. The van der Waals surface area contributed by atoms with Gasteiger partial charge in [-0.05, 0) is 58.4 Å². The Bertz CT molecular complexity index is 1230. The number of aromatic hydroxyl groups is 1. The second-order valence-electron chi connectivity index (χ2n) is 9.23. The minimum Gasteiger partial charge on any atom is -0.497 e. The number of rotatable bonds is 8. The molecule has 2 atom stereocenters. The van der Waals surface area contributed by atoms with Crippen LogP contribution in [-0.4, -0.2) is 17.2 Å². The Labute approximate surface area is 201 Å². The van der Waals surface area contributed by atoms with Crippen LogP contribution in [0.3, 0.4) is 0 Å². The molecule has 172 valence electrons. The molecular weight excluding hydrogens is 426 g/mol. The van der Waals surface area contributed by atoms with Gasteiger partial charge in [-0.3, -0.25) is 0 Å². The van der Waals surface area contributed by atoms with E-state index in [1.165, 1.54) is 16.7 Å². The lowest BCUT2D eigenvalue weighted by Crippen LogP contribution is -2.00. The molecule has 1 N–H and O–H groups in total. The van der Waals surface area contributed by atoms with Gasteiger partial charge in [0.2, 0.25) is 5.88 Å². The Morgan fingerprint density at radius 1 is 0.909 bits per heavy atom. The molecule has 2 unspecified atom stereocenters. The largest absolute Gasteiger partial charge is 0.497 e. The third kappa shape index (κ3) is 5.06.